The highest BCUT2D eigenvalue weighted by Crippen LogP contribution is 2.26. The number of aromatic amines is 1. The Labute approximate surface area is 153 Å². The van der Waals surface area contributed by atoms with Crippen molar-refractivity contribution in [3.63, 3.8) is 0 Å². The first-order chi connectivity index (χ1) is 12.6. The number of rotatable bonds is 6. The third-order valence-electron chi connectivity index (χ3n) is 4.31. The van der Waals surface area contributed by atoms with E-state index < -0.39 is 0 Å². The quantitative estimate of drug-likeness (QED) is 0.717. The summed E-state index contributed by atoms with van der Waals surface area (Å²) in [5.74, 6) is -0.0861. The molecule has 134 valence electrons. The molecular weight excluding hydrogens is 326 g/mol. The lowest BCUT2D eigenvalue weighted by atomic mass is 10.0. The zero-order valence-electron chi connectivity index (χ0n) is 15.2. The molecule has 0 aliphatic carbocycles. The number of carbonyl (C=O) groups is 1. The van der Waals surface area contributed by atoms with E-state index in [1.807, 2.05) is 62.2 Å². The minimum atomic E-state index is -0.102. The number of hydrogen-bond acceptors (Lipinski definition) is 4. The number of benzene rings is 1. The molecule has 0 bridgehead atoms. The molecule has 0 saturated heterocycles. The Morgan fingerprint density at radius 1 is 1.15 bits per heavy atom. The van der Waals surface area contributed by atoms with Gasteiger partial charge in [0, 0.05) is 6.20 Å². The summed E-state index contributed by atoms with van der Waals surface area (Å²) in [6.45, 7) is 3.99. The van der Waals surface area contributed by atoms with Gasteiger partial charge in [0.15, 0.2) is 0 Å². The lowest BCUT2D eigenvalue weighted by molar-refractivity contribution is -0.117. The predicted molar refractivity (Wildman–Crippen MR) is 102 cm³/mol. The fourth-order valence-corrected chi connectivity index (χ4v) is 3.06. The van der Waals surface area contributed by atoms with Crippen molar-refractivity contribution < 1.29 is 4.79 Å². The van der Waals surface area contributed by atoms with Gasteiger partial charge in [0.05, 0.1) is 35.4 Å². The minimum absolute atomic E-state index is 0.0861. The van der Waals surface area contributed by atoms with Crippen molar-refractivity contribution in [3.05, 3.63) is 77.4 Å². The van der Waals surface area contributed by atoms with Crippen LogP contribution < -0.4 is 5.32 Å². The standard InChI is InChI=1S/C20H23N5O/c1-14-19(15(2)24-23-14)22-18(26)13-25(3)20(16-9-5-4-6-10-16)17-11-7-8-12-21-17/h4-12,20H,13H2,1-3H3,(H,22,26)(H,23,24). The molecule has 6 heteroatoms. The molecule has 1 aromatic carbocycles. The van der Waals surface area contributed by atoms with Crippen LogP contribution in [-0.4, -0.2) is 39.6 Å². The number of aromatic nitrogens is 3. The molecule has 2 aromatic heterocycles. The Bertz CT molecular complexity index is 801. The molecule has 6 nitrogen and oxygen atoms in total. The molecule has 0 spiro atoms. The Hall–Kier alpha value is -2.99. The second kappa shape index (κ2) is 7.93. The van der Waals surface area contributed by atoms with Gasteiger partial charge in [-0.25, -0.2) is 0 Å². The van der Waals surface area contributed by atoms with Gasteiger partial charge < -0.3 is 5.32 Å². The summed E-state index contributed by atoms with van der Waals surface area (Å²) < 4.78 is 0. The van der Waals surface area contributed by atoms with Crippen LogP contribution in [0, 0.1) is 13.8 Å². The highest BCUT2D eigenvalue weighted by atomic mass is 16.2. The predicted octanol–water partition coefficient (Wildman–Crippen LogP) is 3.08. The fourth-order valence-electron chi connectivity index (χ4n) is 3.06. The van der Waals surface area contributed by atoms with Gasteiger partial charge in [-0.05, 0) is 38.6 Å². The molecule has 0 radical (unpaired) electrons. The SMILES string of the molecule is Cc1n[nH]c(C)c1NC(=O)CN(C)C(c1ccccc1)c1ccccn1. The Balaban J connectivity index is 1.80. The minimum Gasteiger partial charge on any atom is -0.322 e. The molecule has 1 unspecified atom stereocenters. The number of nitrogens with zero attached hydrogens (tertiary/aromatic N) is 3. The number of carbonyl (C=O) groups excluding carboxylic acids is 1. The largest absolute Gasteiger partial charge is 0.322 e. The molecule has 1 atom stereocenters. The van der Waals surface area contributed by atoms with Crippen LogP contribution in [0.3, 0.4) is 0 Å². The molecule has 0 fully saturated rings. The number of nitrogens with one attached hydrogen (secondary N) is 2. The van der Waals surface area contributed by atoms with Crippen molar-refractivity contribution in [1.29, 1.82) is 0 Å². The third-order valence-corrected chi connectivity index (χ3v) is 4.31. The molecule has 3 rings (SSSR count). The molecule has 0 aliphatic heterocycles. The number of hydrogen-bond donors (Lipinski definition) is 2. The monoisotopic (exact) mass is 349 g/mol. The maximum Gasteiger partial charge on any atom is 0.238 e. The number of pyridine rings is 1. The third kappa shape index (κ3) is 3.97. The van der Waals surface area contributed by atoms with Crippen molar-refractivity contribution in [1.82, 2.24) is 20.1 Å². The lowest BCUT2D eigenvalue weighted by Gasteiger charge is -2.27. The molecule has 3 aromatic rings. The van der Waals surface area contributed by atoms with Crippen molar-refractivity contribution in [3.8, 4) is 0 Å². The highest BCUT2D eigenvalue weighted by Gasteiger charge is 2.22. The van der Waals surface area contributed by atoms with Crippen molar-refractivity contribution in [2.24, 2.45) is 0 Å². The highest BCUT2D eigenvalue weighted by molar-refractivity contribution is 5.93. The topological polar surface area (TPSA) is 73.9 Å². The molecule has 0 saturated carbocycles. The summed E-state index contributed by atoms with van der Waals surface area (Å²) in [6.07, 6.45) is 1.78. The molecule has 0 aliphatic rings. The van der Waals surface area contributed by atoms with E-state index in [0.29, 0.717) is 0 Å². The molecule has 26 heavy (non-hydrogen) atoms. The summed E-state index contributed by atoms with van der Waals surface area (Å²) in [5.41, 5.74) is 4.38. The first-order valence-electron chi connectivity index (χ1n) is 8.54. The zero-order valence-corrected chi connectivity index (χ0v) is 15.2. The molecule has 1 amide bonds. The molecular formula is C20H23N5O. The summed E-state index contributed by atoms with van der Waals surface area (Å²) in [5, 5.41) is 9.95. The van der Waals surface area contributed by atoms with Crippen molar-refractivity contribution >= 4 is 11.6 Å². The van der Waals surface area contributed by atoms with Gasteiger partial charge in [0.1, 0.15) is 0 Å². The van der Waals surface area contributed by atoms with Gasteiger partial charge >= 0.3 is 0 Å². The average molecular weight is 349 g/mol. The van der Waals surface area contributed by atoms with Crippen LogP contribution in [0.15, 0.2) is 54.7 Å². The van der Waals surface area contributed by atoms with Gasteiger partial charge in [0.2, 0.25) is 5.91 Å². The van der Waals surface area contributed by atoms with Crippen LogP contribution in [0.25, 0.3) is 0 Å². The maximum atomic E-state index is 12.6. The molecule has 2 N–H and O–H groups in total. The van der Waals surface area contributed by atoms with Crippen molar-refractivity contribution in [2.45, 2.75) is 19.9 Å². The first kappa shape index (κ1) is 17.8. The Morgan fingerprint density at radius 2 is 1.88 bits per heavy atom. The zero-order chi connectivity index (χ0) is 18.5. The number of anilines is 1. The van der Waals surface area contributed by atoms with Crippen LogP contribution in [0.5, 0.6) is 0 Å². The number of amides is 1. The van der Waals surface area contributed by atoms with Crippen molar-refractivity contribution in [2.75, 3.05) is 18.9 Å². The summed E-state index contributed by atoms with van der Waals surface area (Å²) in [6, 6.07) is 15.8. The normalized spacial score (nSPS) is 12.2. The van der Waals surface area contributed by atoms with Gasteiger partial charge in [-0.1, -0.05) is 36.4 Å². The Kier molecular flexibility index (Phi) is 5.43. The summed E-state index contributed by atoms with van der Waals surface area (Å²) in [4.78, 5) is 19.1. The lowest BCUT2D eigenvalue weighted by Crippen LogP contribution is -2.34. The van der Waals surface area contributed by atoms with Gasteiger partial charge in [-0.2, -0.15) is 5.10 Å². The van der Waals surface area contributed by atoms with Crippen LogP contribution in [-0.2, 0) is 4.79 Å². The van der Waals surface area contributed by atoms with E-state index in [4.69, 9.17) is 0 Å². The maximum absolute atomic E-state index is 12.6. The van der Waals surface area contributed by atoms with E-state index in [2.05, 4.69) is 32.6 Å². The van der Waals surface area contributed by atoms with Crippen LogP contribution in [0.4, 0.5) is 5.69 Å². The van der Waals surface area contributed by atoms with Gasteiger partial charge in [0.25, 0.3) is 0 Å². The second-order valence-electron chi connectivity index (χ2n) is 6.34. The van der Waals surface area contributed by atoms with Crippen LogP contribution in [0.2, 0.25) is 0 Å². The fraction of sp³-hybridized carbons (Fsp3) is 0.250. The number of H-pyrrole nitrogens is 1. The van der Waals surface area contributed by atoms with E-state index in [0.717, 1.165) is 28.3 Å². The number of aryl methyl sites for hydroxylation is 2. The second-order valence-corrected chi connectivity index (χ2v) is 6.34. The van der Waals surface area contributed by atoms with E-state index in [1.165, 1.54) is 0 Å². The average Bonchev–Trinajstić information content (AvgIpc) is 2.95. The van der Waals surface area contributed by atoms with Gasteiger partial charge in [-0.15, -0.1) is 0 Å². The van der Waals surface area contributed by atoms with E-state index in [9.17, 15) is 4.79 Å². The van der Waals surface area contributed by atoms with E-state index >= 15 is 0 Å². The molecule has 2 heterocycles. The first-order valence-corrected chi connectivity index (χ1v) is 8.54. The summed E-state index contributed by atoms with van der Waals surface area (Å²) >= 11 is 0. The van der Waals surface area contributed by atoms with Crippen LogP contribution in [0.1, 0.15) is 28.7 Å². The smallest absolute Gasteiger partial charge is 0.238 e. The van der Waals surface area contributed by atoms with Crippen LogP contribution >= 0.6 is 0 Å². The Morgan fingerprint density at radius 3 is 2.50 bits per heavy atom. The van der Waals surface area contributed by atoms with E-state index in [1.54, 1.807) is 6.20 Å². The van der Waals surface area contributed by atoms with E-state index in [-0.39, 0.29) is 18.5 Å². The summed E-state index contributed by atoms with van der Waals surface area (Å²) in [7, 11) is 1.93. The number of likely N-dealkylation sites (N-methyl/N-ethyl adjacent to an activating group) is 1. The van der Waals surface area contributed by atoms with Gasteiger partial charge in [-0.3, -0.25) is 19.8 Å².